The third-order valence-corrected chi connectivity index (χ3v) is 6.38. The standard InChI is InChI=1S/C27H50O9/c1-2-3-4-5-6-7-8-9-10-11-12-13-14-15-16-17-23(30)34-19-21(29)20-35-27-26(33)25(32)24(31)22(18-28)36-27/h9-10,21-22,24-29,31-33H,2-8,11-20H2,1H3/b10-9-/t21-,22+,24-,25-,26+,27+/m0/s1. The minimum atomic E-state index is -1.55. The topological polar surface area (TPSA) is 146 Å². The highest BCUT2D eigenvalue weighted by atomic mass is 16.7. The number of aliphatic hydroxyl groups excluding tert-OH is 5. The van der Waals surface area contributed by atoms with E-state index in [4.69, 9.17) is 19.3 Å². The lowest BCUT2D eigenvalue weighted by Gasteiger charge is -2.39. The number of ether oxygens (including phenoxy) is 3. The maximum absolute atomic E-state index is 11.9. The molecule has 1 rings (SSSR count). The highest BCUT2D eigenvalue weighted by molar-refractivity contribution is 5.69. The van der Waals surface area contributed by atoms with Gasteiger partial charge in [0.2, 0.25) is 0 Å². The lowest BCUT2D eigenvalue weighted by Crippen LogP contribution is -2.59. The van der Waals surface area contributed by atoms with Crippen LogP contribution in [0.3, 0.4) is 0 Å². The third-order valence-electron chi connectivity index (χ3n) is 6.38. The molecule has 0 aromatic carbocycles. The molecule has 1 heterocycles. The molecule has 0 aliphatic carbocycles. The molecule has 0 aromatic rings. The molecule has 0 radical (unpaired) electrons. The number of esters is 1. The lowest BCUT2D eigenvalue weighted by atomic mass is 9.99. The van der Waals surface area contributed by atoms with E-state index in [-0.39, 0.29) is 19.2 Å². The zero-order valence-corrected chi connectivity index (χ0v) is 22.0. The van der Waals surface area contributed by atoms with E-state index in [1.165, 1.54) is 44.9 Å². The Hall–Kier alpha value is -1.07. The molecule has 0 aromatic heterocycles. The highest BCUT2D eigenvalue weighted by Gasteiger charge is 2.44. The van der Waals surface area contributed by atoms with Gasteiger partial charge in [0.25, 0.3) is 0 Å². The van der Waals surface area contributed by atoms with E-state index in [1.807, 2.05) is 0 Å². The molecule has 1 fully saturated rings. The zero-order chi connectivity index (χ0) is 26.6. The van der Waals surface area contributed by atoms with Gasteiger partial charge < -0.3 is 39.7 Å². The Morgan fingerprint density at radius 2 is 1.42 bits per heavy atom. The molecular weight excluding hydrogens is 468 g/mol. The first kappa shape index (κ1) is 33.0. The van der Waals surface area contributed by atoms with Crippen LogP contribution in [-0.4, -0.2) is 88.1 Å². The van der Waals surface area contributed by atoms with Crippen LogP contribution in [0.15, 0.2) is 12.2 Å². The lowest BCUT2D eigenvalue weighted by molar-refractivity contribution is -0.305. The van der Waals surface area contributed by atoms with E-state index < -0.39 is 43.4 Å². The molecule has 212 valence electrons. The molecule has 1 saturated heterocycles. The van der Waals surface area contributed by atoms with Crippen LogP contribution in [0.2, 0.25) is 0 Å². The van der Waals surface area contributed by atoms with Crippen molar-refractivity contribution in [2.24, 2.45) is 0 Å². The second kappa shape index (κ2) is 20.9. The van der Waals surface area contributed by atoms with Crippen LogP contribution in [0.4, 0.5) is 0 Å². The Kier molecular flexibility index (Phi) is 19.2. The van der Waals surface area contributed by atoms with Crippen molar-refractivity contribution in [3.63, 3.8) is 0 Å². The summed E-state index contributed by atoms with van der Waals surface area (Å²) in [6.45, 7) is 1.09. The Labute approximate surface area is 216 Å². The smallest absolute Gasteiger partial charge is 0.305 e. The molecule has 9 nitrogen and oxygen atoms in total. The fraction of sp³-hybridized carbons (Fsp3) is 0.889. The van der Waals surface area contributed by atoms with E-state index in [9.17, 15) is 25.2 Å². The molecule has 0 bridgehead atoms. The van der Waals surface area contributed by atoms with E-state index in [2.05, 4.69) is 19.1 Å². The maximum atomic E-state index is 11.9. The summed E-state index contributed by atoms with van der Waals surface area (Å²) in [4.78, 5) is 11.9. The molecule has 0 saturated carbocycles. The number of hydrogen-bond acceptors (Lipinski definition) is 9. The van der Waals surface area contributed by atoms with Gasteiger partial charge in [-0.05, 0) is 32.1 Å². The molecule has 36 heavy (non-hydrogen) atoms. The molecule has 9 heteroatoms. The second-order valence-corrected chi connectivity index (χ2v) is 9.70. The van der Waals surface area contributed by atoms with Crippen LogP contribution in [0.25, 0.3) is 0 Å². The highest BCUT2D eigenvalue weighted by Crippen LogP contribution is 2.22. The number of hydrogen-bond donors (Lipinski definition) is 5. The Morgan fingerprint density at radius 1 is 0.833 bits per heavy atom. The summed E-state index contributed by atoms with van der Waals surface area (Å²) in [7, 11) is 0. The van der Waals surface area contributed by atoms with Crippen LogP contribution in [-0.2, 0) is 19.0 Å². The first-order chi connectivity index (χ1) is 17.4. The molecule has 1 aliphatic rings. The number of allylic oxidation sites excluding steroid dienone is 2. The fourth-order valence-electron chi connectivity index (χ4n) is 4.06. The number of rotatable bonds is 21. The molecular formula is C27H50O9. The SMILES string of the molecule is CCCCCCCC/C=C\CCCCCCCC(=O)OC[C@H](O)CO[C@@H]1O[C@H](CO)[C@H](O)[C@H](O)[C@H]1O. The fourth-order valence-corrected chi connectivity index (χ4v) is 4.06. The van der Waals surface area contributed by atoms with Crippen molar-refractivity contribution in [1.82, 2.24) is 0 Å². The van der Waals surface area contributed by atoms with Crippen LogP contribution in [0.5, 0.6) is 0 Å². The summed E-state index contributed by atoms with van der Waals surface area (Å²) < 4.78 is 15.5. The van der Waals surface area contributed by atoms with Gasteiger partial charge in [0.15, 0.2) is 6.29 Å². The van der Waals surface area contributed by atoms with Crippen molar-refractivity contribution in [3.05, 3.63) is 12.2 Å². The van der Waals surface area contributed by atoms with Crippen LogP contribution in [0.1, 0.15) is 96.8 Å². The van der Waals surface area contributed by atoms with E-state index in [0.717, 1.165) is 38.5 Å². The summed E-state index contributed by atoms with van der Waals surface area (Å²) in [6.07, 6.45) is 12.1. The van der Waals surface area contributed by atoms with Crippen molar-refractivity contribution in [2.45, 2.75) is 134 Å². The predicted molar refractivity (Wildman–Crippen MR) is 136 cm³/mol. The van der Waals surface area contributed by atoms with Gasteiger partial charge in [0.05, 0.1) is 13.2 Å². The minimum Gasteiger partial charge on any atom is -0.463 e. The van der Waals surface area contributed by atoms with Crippen molar-refractivity contribution in [3.8, 4) is 0 Å². The van der Waals surface area contributed by atoms with Crippen molar-refractivity contribution in [2.75, 3.05) is 19.8 Å². The number of carbonyl (C=O) groups excluding carboxylic acids is 1. The van der Waals surface area contributed by atoms with E-state index in [1.54, 1.807) is 0 Å². The molecule has 6 atom stereocenters. The molecule has 0 unspecified atom stereocenters. The van der Waals surface area contributed by atoms with Crippen molar-refractivity contribution >= 4 is 5.97 Å². The Morgan fingerprint density at radius 3 is 2.03 bits per heavy atom. The van der Waals surface area contributed by atoms with Gasteiger partial charge >= 0.3 is 5.97 Å². The first-order valence-corrected chi connectivity index (χ1v) is 13.8. The summed E-state index contributed by atoms with van der Waals surface area (Å²) >= 11 is 0. The average molecular weight is 519 g/mol. The van der Waals surface area contributed by atoms with Crippen molar-refractivity contribution < 1.29 is 44.5 Å². The van der Waals surface area contributed by atoms with Crippen LogP contribution in [0, 0.1) is 0 Å². The first-order valence-electron chi connectivity index (χ1n) is 13.8. The maximum Gasteiger partial charge on any atom is 0.305 e. The number of aliphatic hydroxyl groups is 5. The summed E-state index contributed by atoms with van der Waals surface area (Å²) in [5.41, 5.74) is 0. The van der Waals surface area contributed by atoms with Gasteiger partial charge in [0.1, 0.15) is 37.1 Å². The largest absolute Gasteiger partial charge is 0.463 e. The number of carbonyl (C=O) groups is 1. The summed E-state index contributed by atoms with van der Waals surface area (Å²) in [5.74, 6) is -0.389. The van der Waals surface area contributed by atoms with Crippen molar-refractivity contribution in [1.29, 1.82) is 0 Å². The minimum absolute atomic E-state index is 0.263. The van der Waals surface area contributed by atoms with Gasteiger partial charge in [-0.1, -0.05) is 70.4 Å². The Bertz CT molecular complexity index is 569. The van der Waals surface area contributed by atoms with Crippen LogP contribution < -0.4 is 0 Å². The molecule has 0 spiro atoms. The summed E-state index contributed by atoms with van der Waals surface area (Å²) in [6, 6.07) is 0. The monoisotopic (exact) mass is 518 g/mol. The van der Waals surface area contributed by atoms with E-state index >= 15 is 0 Å². The van der Waals surface area contributed by atoms with Gasteiger partial charge in [-0.25, -0.2) is 0 Å². The third kappa shape index (κ3) is 14.6. The average Bonchev–Trinajstić information content (AvgIpc) is 2.88. The van der Waals surface area contributed by atoms with Gasteiger partial charge in [-0.15, -0.1) is 0 Å². The van der Waals surface area contributed by atoms with Gasteiger partial charge in [-0.2, -0.15) is 0 Å². The van der Waals surface area contributed by atoms with Crippen LogP contribution >= 0.6 is 0 Å². The quantitative estimate of drug-likeness (QED) is 0.0879. The van der Waals surface area contributed by atoms with Gasteiger partial charge in [-0.3, -0.25) is 4.79 Å². The molecule has 0 amide bonds. The number of unbranched alkanes of at least 4 members (excludes halogenated alkanes) is 11. The zero-order valence-electron chi connectivity index (χ0n) is 22.0. The molecule has 5 N–H and O–H groups in total. The van der Waals surface area contributed by atoms with Gasteiger partial charge in [0, 0.05) is 6.42 Å². The predicted octanol–water partition coefficient (Wildman–Crippen LogP) is 2.74. The normalized spacial score (nSPS) is 25.3. The summed E-state index contributed by atoms with van der Waals surface area (Å²) in [5, 5.41) is 48.5. The Balaban J connectivity index is 1.98. The second-order valence-electron chi connectivity index (χ2n) is 9.70. The molecule has 1 aliphatic heterocycles. The van der Waals surface area contributed by atoms with E-state index in [0.29, 0.717) is 6.42 Å².